The second kappa shape index (κ2) is 9.79. The lowest BCUT2D eigenvalue weighted by Crippen LogP contribution is -2.29. The summed E-state index contributed by atoms with van der Waals surface area (Å²) in [6.07, 6.45) is 1.84. The van der Waals surface area contributed by atoms with Crippen LogP contribution in [0.15, 0.2) is 83.3 Å². The van der Waals surface area contributed by atoms with Crippen LogP contribution in [-0.2, 0) is 25.9 Å². The number of nitrogens with one attached hydrogen (secondary N) is 1. The van der Waals surface area contributed by atoms with E-state index < -0.39 is 0 Å². The SMILES string of the molecule is O=C(NCCc1ccccc1)c1nnc(-c2ccc(CN3CCc4ccccc4C3)cc2)o1. The van der Waals surface area contributed by atoms with Crippen LogP contribution in [0, 0.1) is 0 Å². The number of fused-ring (bicyclic) bond motifs is 1. The molecule has 2 heterocycles. The van der Waals surface area contributed by atoms with Gasteiger partial charge in [-0.05, 0) is 47.2 Å². The number of aromatic nitrogens is 2. The van der Waals surface area contributed by atoms with Gasteiger partial charge in [-0.3, -0.25) is 9.69 Å². The molecule has 1 aliphatic rings. The zero-order valence-corrected chi connectivity index (χ0v) is 18.4. The Labute approximate surface area is 193 Å². The zero-order valence-electron chi connectivity index (χ0n) is 18.4. The van der Waals surface area contributed by atoms with E-state index in [1.807, 2.05) is 42.5 Å². The number of hydrogen-bond donors (Lipinski definition) is 1. The minimum Gasteiger partial charge on any atom is -0.412 e. The fourth-order valence-corrected chi connectivity index (χ4v) is 4.17. The summed E-state index contributed by atoms with van der Waals surface area (Å²) >= 11 is 0. The standard InChI is InChI=1S/C27H26N4O2/c32-25(28-16-14-20-6-2-1-3-7-20)27-30-29-26(33-27)23-12-10-21(11-13-23)18-31-17-15-22-8-4-5-9-24(22)19-31/h1-13H,14-19H2,(H,28,32). The molecule has 0 aliphatic carbocycles. The molecule has 1 aliphatic heterocycles. The molecule has 1 N–H and O–H groups in total. The van der Waals surface area contributed by atoms with Crippen molar-refractivity contribution in [3.8, 4) is 11.5 Å². The fourth-order valence-electron chi connectivity index (χ4n) is 4.17. The van der Waals surface area contributed by atoms with E-state index >= 15 is 0 Å². The minimum atomic E-state index is -0.355. The quantitative estimate of drug-likeness (QED) is 0.467. The highest BCUT2D eigenvalue weighted by molar-refractivity contribution is 5.89. The minimum absolute atomic E-state index is 0.0193. The number of nitrogens with zero attached hydrogens (tertiary/aromatic N) is 3. The van der Waals surface area contributed by atoms with E-state index in [-0.39, 0.29) is 11.8 Å². The molecular weight excluding hydrogens is 412 g/mol. The van der Waals surface area contributed by atoms with E-state index in [1.165, 1.54) is 16.7 Å². The highest BCUT2D eigenvalue weighted by Gasteiger charge is 2.17. The van der Waals surface area contributed by atoms with Crippen LogP contribution in [0.5, 0.6) is 0 Å². The van der Waals surface area contributed by atoms with Gasteiger partial charge in [-0.25, -0.2) is 0 Å². The van der Waals surface area contributed by atoms with E-state index in [1.54, 1.807) is 0 Å². The zero-order chi connectivity index (χ0) is 22.5. The molecule has 0 unspecified atom stereocenters. The van der Waals surface area contributed by atoms with Crippen molar-refractivity contribution in [1.29, 1.82) is 0 Å². The van der Waals surface area contributed by atoms with Gasteiger partial charge in [0.05, 0.1) is 0 Å². The topological polar surface area (TPSA) is 71.3 Å². The van der Waals surface area contributed by atoms with Crippen molar-refractivity contribution in [2.75, 3.05) is 13.1 Å². The predicted octanol–water partition coefficient (Wildman–Crippen LogP) is 4.27. The number of amides is 1. The maximum Gasteiger partial charge on any atom is 0.308 e. The van der Waals surface area contributed by atoms with Gasteiger partial charge in [-0.2, -0.15) is 0 Å². The Kier molecular flexibility index (Phi) is 6.26. The second-order valence-electron chi connectivity index (χ2n) is 8.33. The molecule has 0 spiro atoms. The lowest BCUT2D eigenvalue weighted by molar-refractivity contribution is 0.0920. The molecule has 6 nitrogen and oxygen atoms in total. The van der Waals surface area contributed by atoms with Crippen LogP contribution in [0.3, 0.4) is 0 Å². The van der Waals surface area contributed by atoms with Gasteiger partial charge < -0.3 is 9.73 Å². The summed E-state index contributed by atoms with van der Waals surface area (Å²) in [7, 11) is 0. The van der Waals surface area contributed by atoms with Crippen molar-refractivity contribution in [2.45, 2.75) is 25.9 Å². The van der Waals surface area contributed by atoms with Crippen LogP contribution >= 0.6 is 0 Å². The van der Waals surface area contributed by atoms with E-state index in [2.05, 4.69) is 56.8 Å². The Morgan fingerprint density at radius 1 is 0.879 bits per heavy atom. The highest BCUT2D eigenvalue weighted by atomic mass is 16.4. The first-order chi connectivity index (χ1) is 16.2. The molecule has 0 saturated heterocycles. The molecule has 0 radical (unpaired) electrons. The number of hydrogen-bond acceptors (Lipinski definition) is 5. The summed E-state index contributed by atoms with van der Waals surface area (Å²) in [5.74, 6) is -0.0255. The monoisotopic (exact) mass is 438 g/mol. The third kappa shape index (κ3) is 5.18. The molecule has 0 bridgehead atoms. The number of benzene rings is 3. The molecule has 33 heavy (non-hydrogen) atoms. The van der Waals surface area contributed by atoms with Gasteiger partial charge in [-0.1, -0.05) is 66.7 Å². The lowest BCUT2D eigenvalue weighted by Gasteiger charge is -2.28. The summed E-state index contributed by atoms with van der Waals surface area (Å²) in [4.78, 5) is 14.8. The molecule has 0 fully saturated rings. The summed E-state index contributed by atoms with van der Waals surface area (Å²) in [5.41, 5.74) is 6.08. The summed E-state index contributed by atoms with van der Waals surface area (Å²) < 4.78 is 5.62. The van der Waals surface area contributed by atoms with Crippen LogP contribution < -0.4 is 5.32 Å². The van der Waals surface area contributed by atoms with Crippen molar-refractivity contribution < 1.29 is 9.21 Å². The van der Waals surface area contributed by atoms with E-state index in [0.717, 1.165) is 43.6 Å². The van der Waals surface area contributed by atoms with E-state index in [4.69, 9.17) is 4.42 Å². The number of carbonyl (C=O) groups excluding carboxylic acids is 1. The molecule has 4 aromatic rings. The number of carbonyl (C=O) groups is 1. The van der Waals surface area contributed by atoms with Crippen LogP contribution in [0.1, 0.15) is 32.9 Å². The average Bonchev–Trinajstić information content (AvgIpc) is 3.36. The van der Waals surface area contributed by atoms with Gasteiger partial charge in [0.1, 0.15) is 0 Å². The van der Waals surface area contributed by atoms with Gasteiger partial charge in [0.25, 0.3) is 0 Å². The van der Waals surface area contributed by atoms with Crippen molar-refractivity contribution >= 4 is 5.91 Å². The molecule has 6 heteroatoms. The first kappa shape index (κ1) is 21.1. The largest absolute Gasteiger partial charge is 0.412 e. The van der Waals surface area contributed by atoms with Gasteiger partial charge in [0.15, 0.2) is 0 Å². The van der Waals surface area contributed by atoms with Crippen molar-refractivity contribution in [3.05, 3.63) is 107 Å². The average molecular weight is 439 g/mol. The predicted molar refractivity (Wildman–Crippen MR) is 126 cm³/mol. The Balaban J connectivity index is 1.16. The molecule has 1 aromatic heterocycles. The van der Waals surface area contributed by atoms with Gasteiger partial charge in [0, 0.05) is 31.7 Å². The second-order valence-corrected chi connectivity index (χ2v) is 8.33. The van der Waals surface area contributed by atoms with Crippen molar-refractivity contribution in [3.63, 3.8) is 0 Å². The summed E-state index contributed by atoms with van der Waals surface area (Å²) in [5, 5.41) is 10.8. The molecule has 1 amide bonds. The lowest BCUT2D eigenvalue weighted by atomic mass is 9.99. The molecule has 5 rings (SSSR count). The van der Waals surface area contributed by atoms with Crippen LogP contribution in [0.4, 0.5) is 0 Å². The van der Waals surface area contributed by atoms with Crippen molar-refractivity contribution in [2.24, 2.45) is 0 Å². The van der Waals surface area contributed by atoms with Crippen LogP contribution in [0.25, 0.3) is 11.5 Å². The molecule has 166 valence electrons. The number of rotatable bonds is 7. The first-order valence-electron chi connectivity index (χ1n) is 11.3. The van der Waals surface area contributed by atoms with Crippen LogP contribution in [0.2, 0.25) is 0 Å². The molecule has 3 aromatic carbocycles. The first-order valence-corrected chi connectivity index (χ1v) is 11.3. The Morgan fingerprint density at radius 3 is 2.45 bits per heavy atom. The van der Waals surface area contributed by atoms with Gasteiger partial charge in [0.2, 0.25) is 5.89 Å². The van der Waals surface area contributed by atoms with Gasteiger partial charge in [-0.15, -0.1) is 10.2 Å². The summed E-state index contributed by atoms with van der Waals surface area (Å²) in [6.45, 7) is 3.44. The summed E-state index contributed by atoms with van der Waals surface area (Å²) in [6, 6.07) is 26.8. The maximum absolute atomic E-state index is 12.3. The third-order valence-corrected chi connectivity index (χ3v) is 5.98. The van der Waals surface area contributed by atoms with Gasteiger partial charge >= 0.3 is 11.8 Å². The Hall–Kier alpha value is -3.77. The van der Waals surface area contributed by atoms with Crippen LogP contribution in [-0.4, -0.2) is 34.1 Å². The van der Waals surface area contributed by atoms with Crippen molar-refractivity contribution in [1.82, 2.24) is 20.4 Å². The van der Waals surface area contributed by atoms with E-state index in [9.17, 15) is 4.79 Å². The maximum atomic E-state index is 12.3. The normalized spacial score (nSPS) is 13.5. The smallest absolute Gasteiger partial charge is 0.308 e. The Morgan fingerprint density at radius 2 is 1.64 bits per heavy atom. The Bertz CT molecular complexity index is 1220. The van der Waals surface area contributed by atoms with E-state index in [0.29, 0.717) is 12.4 Å². The molecule has 0 saturated carbocycles. The third-order valence-electron chi connectivity index (χ3n) is 5.98. The fraction of sp³-hybridized carbons (Fsp3) is 0.222. The molecular formula is C27H26N4O2. The highest BCUT2D eigenvalue weighted by Crippen LogP contribution is 2.22. The molecule has 0 atom stereocenters.